The molecular formula is C12H21N3O. The van der Waals surface area contributed by atoms with Crippen molar-refractivity contribution < 1.29 is 4.74 Å². The lowest BCUT2D eigenvalue weighted by atomic mass is 9.89. The third kappa shape index (κ3) is 2.82. The van der Waals surface area contributed by atoms with Crippen LogP contribution in [0, 0.1) is 12.8 Å². The van der Waals surface area contributed by atoms with Gasteiger partial charge in [-0.15, -0.1) is 10.2 Å². The van der Waals surface area contributed by atoms with Crippen molar-refractivity contribution in [2.24, 2.45) is 5.92 Å². The number of nitrogens with zero attached hydrogens (tertiary/aromatic N) is 2. The van der Waals surface area contributed by atoms with Crippen LogP contribution in [-0.2, 0) is 4.74 Å². The van der Waals surface area contributed by atoms with Gasteiger partial charge in [0.1, 0.15) is 11.9 Å². The van der Waals surface area contributed by atoms with Gasteiger partial charge in [0.25, 0.3) is 0 Å². The summed E-state index contributed by atoms with van der Waals surface area (Å²) in [4.78, 5) is 3.13. The molecule has 0 bridgehead atoms. The maximum Gasteiger partial charge on any atom is 0.159 e. The van der Waals surface area contributed by atoms with Crippen molar-refractivity contribution in [1.29, 1.82) is 0 Å². The van der Waals surface area contributed by atoms with E-state index in [0.717, 1.165) is 17.6 Å². The molecule has 4 heteroatoms. The summed E-state index contributed by atoms with van der Waals surface area (Å²) in [6.07, 6.45) is 5.35. The Labute approximate surface area is 96.8 Å². The third-order valence-corrected chi connectivity index (χ3v) is 3.36. The molecule has 90 valence electrons. The molecule has 1 saturated carbocycles. The Morgan fingerprint density at radius 3 is 2.50 bits per heavy atom. The summed E-state index contributed by atoms with van der Waals surface area (Å²) in [6.45, 7) is 6.27. The summed E-state index contributed by atoms with van der Waals surface area (Å²) in [6, 6.07) is 0. The molecule has 0 amide bonds. The van der Waals surface area contributed by atoms with E-state index in [9.17, 15) is 0 Å². The van der Waals surface area contributed by atoms with Gasteiger partial charge in [0, 0.05) is 0 Å². The fourth-order valence-electron chi connectivity index (χ4n) is 2.27. The van der Waals surface area contributed by atoms with Gasteiger partial charge in [0.05, 0.1) is 6.10 Å². The Morgan fingerprint density at radius 1 is 1.25 bits per heavy atom. The molecule has 2 rings (SSSR count). The second-order valence-corrected chi connectivity index (χ2v) is 4.96. The minimum atomic E-state index is 0.0274. The topological polar surface area (TPSA) is 50.8 Å². The molecule has 1 aromatic rings. The Bertz CT molecular complexity index is 329. The molecule has 1 aliphatic carbocycles. The van der Waals surface area contributed by atoms with Gasteiger partial charge in [-0.3, -0.25) is 0 Å². The van der Waals surface area contributed by atoms with Crippen molar-refractivity contribution in [1.82, 2.24) is 15.2 Å². The molecule has 0 spiro atoms. The monoisotopic (exact) mass is 223 g/mol. The lowest BCUT2D eigenvalue weighted by molar-refractivity contribution is -0.0320. The lowest BCUT2D eigenvalue weighted by Gasteiger charge is -2.28. The number of aromatic amines is 1. The van der Waals surface area contributed by atoms with E-state index in [1.807, 2.05) is 13.8 Å². The molecule has 0 radical (unpaired) electrons. The Hall–Kier alpha value is -0.900. The molecule has 1 aliphatic rings. The van der Waals surface area contributed by atoms with E-state index in [2.05, 4.69) is 22.1 Å². The van der Waals surface area contributed by atoms with E-state index in [-0.39, 0.29) is 6.10 Å². The molecule has 4 nitrogen and oxygen atoms in total. The molecule has 0 aromatic carbocycles. The van der Waals surface area contributed by atoms with Gasteiger partial charge in [-0.2, -0.15) is 0 Å². The minimum absolute atomic E-state index is 0.0274. The molecule has 16 heavy (non-hydrogen) atoms. The van der Waals surface area contributed by atoms with Gasteiger partial charge in [-0.05, 0) is 45.4 Å². The largest absolute Gasteiger partial charge is 0.367 e. The first-order valence-electron chi connectivity index (χ1n) is 6.19. The highest BCUT2D eigenvalue weighted by Crippen LogP contribution is 2.28. The zero-order chi connectivity index (χ0) is 11.5. The first-order valence-corrected chi connectivity index (χ1v) is 6.19. The van der Waals surface area contributed by atoms with Crippen LogP contribution in [0.4, 0.5) is 0 Å². The second kappa shape index (κ2) is 4.95. The molecule has 0 saturated heterocycles. The molecule has 1 unspecified atom stereocenters. The van der Waals surface area contributed by atoms with Crippen molar-refractivity contribution in [3.63, 3.8) is 0 Å². The maximum absolute atomic E-state index is 6.01. The average molecular weight is 223 g/mol. The van der Waals surface area contributed by atoms with Gasteiger partial charge in [-0.25, -0.2) is 0 Å². The molecule has 0 aliphatic heterocycles. The van der Waals surface area contributed by atoms with Crippen molar-refractivity contribution >= 4 is 0 Å². The van der Waals surface area contributed by atoms with E-state index in [1.54, 1.807) is 0 Å². The number of rotatable bonds is 3. The molecule has 1 heterocycles. The summed E-state index contributed by atoms with van der Waals surface area (Å²) in [5.74, 6) is 2.56. The third-order valence-electron chi connectivity index (χ3n) is 3.36. The van der Waals surface area contributed by atoms with Crippen LogP contribution in [0.2, 0.25) is 0 Å². The summed E-state index contributed by atoms with van der Waals surface area (Å²) in [7, 11) is 0. The van der Waals surface area contributed by atoms with Crippen LogP contribution in [0.15, 0.2) is 0 Å². The zero-order valence-electron chi connectivity index (χ0n) is 10.4. The summed E-state index contributed by atoms with van der Waals surface area (Å²) >= 11 is 0. The van der Waals surface area contributed by atoms with Crippen molar-refractivity contribution in [2.75, 3.05) is 0 Å². The van der Waals surface area contributed by atoms with Gasteiger partial charge in [0.15, 0.2) is 5.82 Å². The van der Waals surface area contributed by atoms with E-state index in [1.165, 1.54) is 25.7 Å². The number of H-pyrrole nitrogens is 1. The zero-order valence-corrected chi connectivity index (χ0v) is 10.4. The molecule has 1 N–H and O–H groups in total. The second-order valence-electron chi connectivity index (χ2n) is 4.96. The van der Waals surface area contributed by atoms with Crippen LogP contribution < -0.4 is 0 Å². The lowest BCUT2D eigenvalue weighted by Crippen LogP contribution is -2.22. The highest BCUT2D eigenvalue weighted by atomic mass is 16.5. The predicted molar refractivity (Wildman–Crippen MR) is 62.0 cm³/mol. The van der Waals surface area contributed by atoms with Crippen molar-refractivity contribution in [3.05, 3.63) is 11.6 Å². The molecule has 1 atom stereocenters. The normalized spacial score (nSPS) is 27.9. The van der Waals surface area contributed by atoms with Crippen LogP contribution >= 0.6 is 0 Å². The Balaban J connectivity index is 1.85. The van der Waals surface area contributed by atoms with Gasteiger partial charge < -0.3 is 9.72 Å². The number of nitrogens with one attached hydrogen (secondary N) is 1. The van der Waals surface area contributed by atoms with Gasteiger partial charge >= 0.3 is 0 Å². The number of hydrogen-bond donors (Lipinski definition) is 1. The number of ether oxygens (including phenoxy) is 1. The number of aryl methyl sites for hydroxylation is 1. The molecule has 1 fully saturated rings. The van der Waals surface area contributed by atoms with Crippen LogP contribution in [0.25, 0.3) is 0 Å². The minimum Gasteiger partial charge on any atom is -0.367 e. The fraction of sp³-hybridized carbons (Fsp3) is 0.833. The van der Waals surface area contributed by atoms with E-state index in [0.29, 0.717) is 6.10 Å². The van der Waals surface area contributed by atoms with E-state index < -0.39 is 0 Å². The highest BCUT2D eigenvalue weighted by Gasteiger charge is 2.22. The number of hydrogen-bond acceptors (Lipinski definition) is 3. The first-order chi connectivity index (χ1) is 7.65. The standard InChI is InChI=1S/C12H21N3O/c1-8-4-6-11(7-5-8)16-9(2)12-13-10(3)14-15-12/h8-9,11H,4-7H2,1-3H3,(H,13,14,15). The quantitative estimate of drug-likeness (QED) is 0.857. The molecule has 1 aromatic heterocycles. The van der Waals surface area contributed by atoms with Crippen molar-refractivity contribution in [3.8, 4) is 0 Å². The van der Waals surface area contributed by atoms with Crippen LogP contribution in [-0.4, -0.2) is 21.3 Å². The smallest absolute Gasteiger partial charge is 0.159 e. The SMILES string of the molecule is Cc1nnc(C(C)OC2CCC(C)CC2)[nH]1. The molecular weight excluding hydrogens is 202 g/mol. The van der Waals surface area contributed by atoms with Crippen LogP contribution in [0.5, 0.6) is 0 Å². The summed E-state index contributed by atoms with van der Waals surface area (Å²) in [5, 5.41) is 8.02. The van der Waals surface area contributed by atoms with E-state index in [4.69, 9.17) is 4.74 Å². The van der Waals surface area contributed by atoms with E-state index >= 15 is 0 Å². The summed E-state index contributed by atoms with van der Waals surface area (Å²) < 4.78 is 6.01. The Kier molecular flexibility index (Phi) is 3.59. The highest BCUT2D eigenvalue weighted by molar-refractivity contribution is 4.91. The fourth-order valence-corrected chi connectivity index (χ4v) is 2.27. The summed E-state index contributed by atoms with van der Waals surface area (Å²) in [5.41, 5.74) is 0. The average Bonchev–Trinajstić information content (AvgIpc) is 2.68. The van der Waals surface area contributed by atoms with Gasteiger partial charge in [0.2, 0.25) is 0 Å². The predicted octanol–water partition coefficient (Wildman–Crippen LogP) is 2.77. The Morgan fingerprint density at radius 2 is 1.94 bits per heavy atom. The van der Waals surface area contributed by atoms with Crippen LogP contribution in [0.3, 0.4) is 0 Å². The first kappa shape index (κ1) is 11.6. The van der Waals surface area contributed by atoms with Gasteiger partial charge in [-0.1, -0.05) is 6.92 Å². The maximum atomic E-state index is 6.01. The number of aromatic nitrogens is 3. The van der Waals surface area contributed by atoms with Crippen LogP contribution in [0.1, 0.15) is 57.3 Å². The van der Waals surface area contributed by atoms with Crippen molar-refractivity contribution in [2.45, 2.75) is 58.7 Å².